The van der Waals surface area contributed by atoms with E-state index in [0.29, 0.717) is 21.2 Å². The molecule has 0 bridgehead atoms. The quantitative estimate of drug-likeness (QED) is 0.483. The van der Waals surface area contributed by atoms with Crippen molar-refractivity contribution in [3.63, 3.8) is 0 Å². The smallest absolute Gasteiger partial charge is 0.443 e. The second-order valence-corrected chi connectivity index (χ2v) is 6.30. The van der Waals surface area contributed by atoms with Gasteiger partial charge < -0.3 is 20.0 Å². The minimum Gasteiger partial charge on any atom is -0.443 e. The summed E-state index contributed by atoms with van der Waals surface area (Å²) in [7, 11) is 0. The number of nitrogens with zero attached hydrogens (tertiary/aromatic N) is 6. The van der Waals surface area contributed by atoms with Crippen molar-refractivity contribution in [2.75, 3.05) is 0 Å². The topological polar surface area (TPSA) is 78.7 Å². The molecule has 0 aliphatic heterocycles. The Kier molecular flexibility index (Phi) is 5.72. The van der Waals surface area contributed by atoms with Crippen LogP contribution in [-0.2, 0) is 17.1 Å². The van der Waals surface area contributed by atoms with Crippen molar-refractivity contribution in [2.24, 2.45) is 9.98 Å². The first kappa shape index (κ1) is 17.5. The van der Waals surface area contributed by atoms with E-state index in [1.807, 2.05) is 47.2 Å². The fourth-order valence-corrected chi connectivity index (χ4v) is 3.28. The normalized spacial score (nSPS) is 12.2. The fraction of sp³-hybridized carbons (Fsp3) is 0. The van der Waals surface area contributed by atoms with Gasteiger partial charge in [-0.3, -0.25) is 4.98 Å². The van der Waals surface area contributed by atoms with E-state index in [1.54, 1.807) is 12.4 Å². The number of thiazole rings is 2. The van der Waals surface area contributed by atoms with Gasteiger partial charge >= 0.3 is 17.1 Å². The van der Waals surface area contributed by atoms with Gasteiger partial charge in [-0.15, -0.1) is 11.3 Å². The van der Waals surface area contributed by atoms with Crippen molar-refractivity contribution in [3.8, 4) is 11.4 Å². The minimum absolute atomic E-state index is 0. The summed E-state index contributed by atoms with van der Waals surface area (Å²) in [6.07, 6.45) is 3.42. The van der Waals surface area contributed by atoms with Crippen molar-refractivity contribution < 1.29 is 17.1 Å². The molecule has 0 saturated carbocycles. The van der Waals surface area contributed by atoms with E-state index in [4.69, 9.17) is 0 Å². The molecular weight excluding hydrogens is 404 g/mol. The summed E-state index contributed by atoms with van der Waals surface area (Å²) < 4.78 is 0. The Morgan fingerprint density at radius 1 is 0.960 bits per heavy atom. The standard InChI is InChI=1S/C16H10N6S2.Cu/c1-3-7-17-13(5-1)21-15-19-11(9-23-15)12-10-24-16(20-12)22-14-6-2-4-8-18-14;/h1-10H;/q-2;+2. The Balaban J connectivity index is 0.00000182. The van der Waals surface area contributed by atoms with E-state index in [0.717, 1.165) is 11.4 Å². The summed E-state index contributed by atoms with van der Waals surface area (Å²) in [6, 6.07) is 11.2. The Morgan fingerprint density at radius 2 is 1.88 bits per heavy atom. The van der Waals surface area contributed by atoms with Crippen molar-refractivity contribution >= 4 is 33.6 Å². The Bertz CT molecular complexity index is 1060. The van der Waals surface area contributed by atoms with Crippen LogP contribution < -0.4 is 20.3 Å². The van der Waals surface area contributed by atoms with Crippen LogP contribution >= 0.6 is 22.7 Å². The number of pyridine rings is 2. The molecule has 0 saturated heterocycles. The van der Waals surface area contributed by atoms with E-state index in [1.165, 1.54) is 22.7 Å². The second-order valence-electron chi connectivity index (χ2n) is 4.63. The molecule has 6 nitrogen and oxygen atoms in total. The van der Waals surface area contributed by atoms with Crippen molar-refractivity contribution in [2.45, 2.75) is 0 Å². The summed E-state index contributed by atoms with van der Waals surface area (Å²) in [5.74, 6) is 0.641. The average molecular weight is 414 g/mol. The fourth-order valence-electron chi connectivity index (χ4n) is 1.90. The van der Waals surface area contributed by atoms with E-state index >= 15 is 0 Å². The first-order valence-corrected chi connectivity index (χ1v) is 8.80. The molecule has 1 radical (unpaired) electrons. The molecule has 0 aliphatic carbocycles. The Hall–Kier alpha value is -2.32. The molecule has 4 heterocycles. The van der Waals surface area contributed by atoms with Crippen LogP contribution in [0.3, 0.4) is 0 Å². The molecule has 0 aromatic carbocycles. The van der Waals surface area contributed by atoms with E-state index in [-0.39, 0.29) is 17.1 Å². The second kappa shape index (κ2) is 8.17. The number of aromatic nitrogens is 4. The summed E-state index contributed by atoms with van der Waals surface area (Å²) in [5.41, 5.74) is 2.21. The maximum absolute atomic E-state index is 4.49. The molecular formula is C16H10CuN6S2. The first-order chi connectivity index (χ1) is 11.9. The van der Waals surface area contributed by atoms with Crippen molar-refractivity contribution in [3.05, 3.63) is 69.8 Å². The van der Waals surface area contributed by atoms with Gasteiger partial charge in [0, 0.05) is 11.6 Å². The molecule has 0 N–H and O–H groups in total. The van der Waals surface area contributed by atoms with Gasteiger partial charge in [0.1, 0.15) is 5.13 Å². The minimum atomic E-state index is 0. The predicted octanol–water partition coefficient (Wildman–Crippen LogP) is 2.64. The van der Waals surface area contributed by atoms with Crippen LogP contribution in [0.4, 0.5) is 10.9 Å². The monoisotopic (exact) mass is 413 g/mol. The maximum atomic E-state index is 4.49. The first-order valence-electron chi connectivity index (χ1n) is 7.04. The van der Waals surface area contributed by atoms with Crippen LogP contribution in [0.25, 0.3) is 11.4 Å². The molecule has 4 rings (SSSR count). The third kappa shape index (κ3) is 4.40. The van der Waals surface area contributed by atoms with E-state index in [2.05, 4.69) is 29.9 Å². The van der Waals surface area contributed by atoms with Crippen LogP contribution in [0, 0.1) is 0 Å². The van der Waals surface area contributed by atoms with Crippen LogP contribution in [-0.4, -0.2) is 9.97 Å². The summed E-state index contributed by atoms with van der Waals surface area (Å²) in [6.45, 7) is 0. The van der Waals surface area contributed by atoms with Crippen LogP contribution in [0.2, 0.25) is 0 Å². The zero-order valence-electron chi connectivity index (χ0n) is 12.6. The molecule has 4 aromatic heterocycles. The van der Waals surface area contributed by atoms with E-state index in [9.17, 15) is 0 Å². The molecule has 0 fully saturated rings. The number of hydrogen-bond donors (Lipinski definition) is 0. The van der Waals surface area contributed by atoms with Crippen LogP contribution in [0.1, 0.15) is 0 Å². The van der Waals surface area contributed by atoms with Gasteiger partial charge in [-0.1, -0.05) is 36.0 Å². The van der Waals surface area contributed by atoms with Crippen molar-refractivity contribution in [1.29, 1.82) is 0 Å². The summed E-state index contributed by atoms with van der Waals surface area (Å²) >= 11 is 2.91. The molecule has 25 heavy (non-hydrogen) atoms. The predicted molar refractivity (Wildman–Crippen MR) is 93.2 cm³/mol. The molecule has 4 aromatic rings. The number of hydrogen-bond acceptors (Lipinski definition) is 6. The van der Waals surface area contributed by atoms with Gasteiger partial charge in [0.25, 0.3) is 0 Å². The van der Waals surface area contributed by atoms with Crippen molar-refractivity contribution in [1.82, 2.24) is 19.9 Å². The van der Waals surface area contributed by atoms with Gasteiger partial charge in [0.05, 0.1) is 11.5 Å². The Labute approximate surface area is 161 Å². The molecule has 0 amide bonds. The zero-order chi connectivity index (χ0) is 16.2. The molecule has 0 atom stereocenters. The summed E-state index contributed by atoms with van der Waals surface area (Å²) in [4.78, 5) is 26.8. The van der Waals surface area contributed by atoms with Gasteiger partial charge in [0.15, 0.2) is 0 Å². The van der Waals surface area contributed by atoms with Gasteiger partial charge in [0.2, 0.25) is 0 Å². The largest absolute Gasteiger partial charge is 2.00 e. The molecule has 0 spiro atoms. The third-order valence-electron chi connectivity index (χ3n) is 2.97. The van der Waals surface area contributed by atoms with Crippen LogP contribution in [0.5, 0.6) is 0 Å². The van der Waals surface area contributed by atoms with Gasteiger partial charge in [-0.2, -0.15) is 11.3 Å². The average Bonchev–Trinajstić information content (AvgIpc) is 3.26. The SMILES string of the molecule is [Cu+2].c1ccc(/N=c2\[n-]c(-c3csc(/N=c4/cccc[n-]4)n3)cs2)nc1. The maximum Gasteiger partial charge on any atom is 2.00 e. The molecule has 9 heteroatoms. The Morgan fingerprint density at radius 3 is 2.68 bits per heavy atom. The number of rotatable bonds is 3. The van der Waals surface area contributed by atoms with E-state index < -0.39 is 0 Å². The third-order valence-corrected chi connectivity index (χ3v) is 4.43. The van der Waals surface area contributed by atoms with Gasteiger partial charge in [-0.05, 0) is 28.0 Å². The molecule has 0 unspecified atom stereocenters. The molecule has 0 aliphatic rings. The van der Waals surface area contributed by atoms with Gasteiger partial charge in [-0.25, -0.2) is 4.98 Å². The van der Waals surface area contributed by atoms with Crippen LogP contribution in [0.15, 0.2) is 69.5 Å². The summed E-state index contributed by atoms with van der Waals surface area (Å²) in [5, 5.41) is 4.52. The molecule has 127 valence electrons. The zero-order valence-corrected chi connectivity index (χ0v) is 15.1.